The molecule has 1 N–H and O–H groups in total. The van der Waals surface area contributed by atoms with Gasteiger partial charge >= 0.3 is 0 Å². The highest BCUT2D eigenvalue weighted by Crippen LogP contribution is 2.17. The molecule has 0 unspecified atom stereocenters. The van der Waals surface area contributed by atoms with Crippen LogP contribution in [0.25, 0.3) is 11.3 Å². The highest BCUT2D eigenvalue weighted by molar-refractivity contribution is 6.04. The minimum atomic E-state index is -0.323. The van der Waals surface area contributed by atoms with E-state index in [0.29, 0.717) is 43.2 Å². The Hall–Kier alpha value is -3.59. The van der Waals surface area contributed by atoms with Crippen molar-refractivity contribution < 1.29 is 14.3 Å². The average molecular weight is 392 g/mol. The third-order valence-electron chi connectivity index (χ3n) is 4.54. The second kappa shape index (κ2) is 8.61. The van der Waals surface area contributed by atoms with Gasteiger partial charge in [-0.15, -0.1) is 0 Å². The Morgan fingerprint density at radius 3 is 2.69 bits per heavy atom. The lowest BCUT2D eigenvalue weighted by Crippen LogP contribution is -2.42. The van der Waals surface area contributed by atoms with Crippen LogP contribution in [-0.4, -0.2) is 63.0 Å². The number of aromatic nitrogens is 4. The number of hydrogen-bond acceptors (Lipinski definition) is 6. The second-order valence-electron chi connectivity index (χ2n) is 6.57. The van der Waals surface area contributed by atoms with E-state index in [4.69, 9.17) is 4.74 Å². The van der Waals surface area contributed by atoms with Gasteiger partial charge in [0.1, 0.15) is 6.54 Å². The molecule has 1 aromatic carbocycles. The Labute approximate surface area is 167 Å². The van der Waals surface area contributed by atoms with Crippen LogP contribution in [0.2, 0.25) is 0 Å². The largest absolute Gasteiger partial charge is 0.378 e. The van der Waals surface area contributed by atoms with Crippen molar-refractivity contribution in [3.8, 4) is 11.3 Å². The Bertz CT molecular complexity index is 998. The van der Waals surface area contributed by atoms with Crippen molar-refractivity contribution in [3.63, 3.8) is 0 Å². The molecule has 1 saturated heterocycles. The van der Waals surface area contributed by atoms with E-state index in [1.165, 1.54) is 17.1 Å². The van der Waals surface area contributed by atoms with Gasteiger partial charge in [-0.2, -0.15) is 15.3 Å². The molecule has 4 rings (SSSR count). The first-order valence-electron chi connectivity index (χ1n) is 9.26. The summed E-state index contributed by atoms with van der Waals surface area (Å²) in [6.45, 7) is 2.39. The molecule has 0 atom stereocenters. The van der Waals surface area contributed by atoms with Gasteiger partial charge in [0.25, 0.3) is 5.91 Å². The lowest BCUT2D eigenvalue weighted by molar-refractivity contribution is -0.136. The van der Waals surface area contributed by atoms with E-state index >= 15 is 0 Å². The lowest BCUT2D eigenvalue weighted by Gasteiger charge is -2.26. The highest BCUT2D eigenvalue weighted by atomic mass is 16.5. The normalized spacial score (nSPS) is 13.9. The van der Waals surface area contributed by atoms with E-state index in [1.54, 1.807) is 17.2 Å². The first kappa shape index (κ1) is 18.8. The molecule has 29 heavy (non-hydrogen) atoms. The first-order chi connectivity index (χ1) is 14.2. The molecule has 0 bridgehead atoms. The minimum Gasteiger partial charge on any atom is -0.378 e. The number of benzene rings is 1. The van der Waals surface area contributed by atoms with E-state index in [-0.39, 0.29) is 18.4 Å². The van der Waals surface area contributed by atoms with Gasteiger partial charge < -0.3 is 15.0 Å². The number of anilines is 1. The van der Waals surface area contributed by atoms with Gasteiger partial charge in [0, 0.05) is 24.8 Å². The molecule has 9 nitrogen and oxygen atoms in total. The molecule has 1 fully saturated rings. The maximum absolute atomic E-state index is 12.6. The Balaban J connectivity index is 1.40. The third kappa shape index (κ3) is 4.64. The topological polar surface area (TPSA) is 102 Å². The Morgan fingerprint density at radius 2 is 1.90 bits per heavy atom. The van der Waals surface area contributed by atoms with Crippen LogP contribution in [0.3, 0.4) is 0 Å². The molecule has 0 aliphatic carbocycles. The van der Waals surface area contributed by atoms with Crippen molar-refractivity contribution in [2.75, 3.05) is 31.6 Å². The van der Waals surface area contributed by atoms with Gasteiger partial charge in [0.05, 0.1) is 42.6 Å². The van der Waals surface area contributed by atoms with Crippen molar-refractivity contribution in [2.24, 2.45) is 0 Å². The fourth-order valence-corrected chi connectivity index (χ4v) is 3.01. The second-order valence-corrected chi connectivity index (χ2v) is 6.57. The van der Waals surface area contributed by atoms with Gasteiger partial charge in [0.2, 0.25) is 5.91 Å². The fourth-order valence-electron chi connectivity index (χ4n) is 3.01. The molecule has 9 heteroatoms. The minimum absolute atomic E-state index is 0.0277. The predicted molar refractivity (Wildman–Crippen MR) is 105 cm³/mol. The monoisotopic (exact) mass is 392 g/mol. The highest BCUT2D eigenvalue weighted by Gasteiger charge is 2.18. The van der Waals surface area contributed by atoms with Gasteiger partial charge in [-0.3, -0.25) is 14.3 Å². The molecular formula is C20H20N6O3. The van der Waals surface area contributed by atoms with E-state index in [2.05, 4.69) is 20.6 Å². The molecule has 2 aromatic heterocycles. The summed E-state index contributed by atoms with van der Waals surface area (Å²) in [7, 11) is 0. The molecule has 1 aliphatic heterocycles. The Morgan fingerprint density at radius 1 is 1.10 bits per heavy atom. The zero-order valence-corrected chi connectivity index (χ0v) is 15.7. The van der Waals surface area contributed by atoms with Crippen molar-refractivity contribution in [3.05, 3.63) is 60.6 Å². The fraction of sp³-hybridized carbons (Fsp3) is 0.250. The summed E-state index contributed by atoms with van der Waals surface area (Å²) in [6, 6.07) is 11.2. The van der Waals surface area contributed by atoms with E-state index in [9.17, 15) is 9.59 Å². The standard InChI is InChI=1S/C20H20N6O3/c27-19(25-6-8-29-9-7-25)14-26-13-17(12-22-26)23-20(28)16-10-18(24-21-11-16)15-4-2-1-3-5-15/h1-5,10-13H,6-9,14H2,(H,23,28). The van der Waals surface area contributed by atoms with Crippen molar-refractivity contribution in [2.45, 2.75) is 6.54 Å². The van der Waals surface area contributed by atoms with Crippen LogP contribution in [-0.2, 0) is 16.1 Å². The van der Waals surface area contributed by atoms with Crippen molar-refractivity contribution in [1.29, 1.82) is 0 Å². The summed E-state index contributed by atoms with van der Waals surface area (Å²) in [5, 5.41) is 14.9. The lowest BCUT2D eigenvalue weighted by atomic mass is 10.1. The third-order valence-corrected chi connectivity index (χ3v) is 4.54. The molecule has 0 saturated carbocycles. The average Bonchev–Trinajstić information content (AvgIpc) is 3.21. The zero-order chi connectivity index (χ0) is 20.1. The maximum Gasteiger partial charge on any atom is 0.257 e. The predicted octanol–water partition coefficient (Wildman–Crippen LogP) is 1.45. The van der Waals surface area contributed by atoms with Crippen LogP contribution >= 0.6 is 0 Å². The molecule has 3 aromatic rings. The molecule has 148 valence electrons. The molecule has 3 heterocycles. The summed E-state index contributed by atoms with van der Waals surface area (Å²) in [5.41, 5.74) is 2.38. The number of nitrogens with one attached hydrogen (secondary N) is 1. The number of ether oxygens (including phenoxy) is 1. The number of carbonyl (C=O) groups excluding carboxylic acids is 2. The van der Waals surface area contributed by atoms with Crippen molar-refractivity contribution >= 4 is 17.5 Å². The SMILES string of the molecule is O=C(Nc1cnn(CC(=O)N2CCOCC2)c1)c1cnnc(-c2ccccc2)c1. The Kier molecular flexibility index (Phi) is 5.57. The summed E-state index contributed by atoms with van der Waals surface area (Å²) in [4.78, 5) is 26.6. The number of hydrogen-bond donors (Lipinski definition) is 1. The molecule has 0 radical (unpaired) electrons. The van der Waals surface area contributed by atoms with E-state index in [1.807, 2.05) is 30.3 Å². The maximum atomic E-state index is 12.6. The molecule has 0 spiro atoms. The van der Waals surface area contributed by atoms with E-state index < -0.39 is 0 Å². The molecule has 2 amide bonds. The summed E-state index contributed by atoms with van der Waals surface area (Å²) in [5.74, 6) is -0.351. The van der Waals surface area contributed by atoms with Crippen LogP contribution in [0.15, 0.2) is 55.0 Å². The van der Waals surface area contributed by atoms with Crippen LogP contribution < -0.4 is 5.32 Å². The van der Waals surface area contributed by atoms with Crippen LogP contribution in [0.1, 0.15) is 10.4 Å². The number of morpholine rings is 1. The van der Waals surface area contributed by atoms with Gasteiger partial charge in [-0.1, -0.05) is 30.3 Å². The number of carbonyl (C=O) groups is 2. The smallest absolute Gasteiger partial charge is 0.257 e. The van der Waals surface area contributed by atoms with Crippen LogP contribution in [0.4, 0.5) is 5.69 Å². The van der Waals surface area contributed by atoms with Crippen molar-refractivity contribution in [1.82, 2.24) is 24.9 Å². The first-order valence-corrected chi connectivity index (χ1v) is 9.26. The van der Waals surface area contributed by atoms with Gasteiger partial charge in [-0.25, -0.2) is 0 Å². The summed E-state index contributed by atoms with van der Waals surface area (Å²) < 4.78 is 6.76. The summed E-state index contributed by atoms with van der Waals surface area (Å²) in [6.07, 6.45) is 4.55. The quantitative estimate of drug-likeness (QED) is 0.705. The molecule has 1 aliphatic rings. The summed E-state index contributed by atoms with van der Waals surface area (Å²) >= 11 is 0. The number of nitrogens with zero attached hydrogens (tertiary/aromatic N) is 5. The number of amides is 2. The zero-order valence-electron chi connectivity index (χ0n) is 15.7. The number of rotatable bonds is 5. The molecular weight excluding hydrogens is 372 g/mol. The van der Waals surface area contributed by atoms with Crippen LogP contribution in [0.5, 0.6) is 0 Å². The van der Waals surface area contributed by atoms with E-state index in [0.717, 1.165) is 5.56 Å². The van der Waals surface area contributed by atoms with Gasteiger partial charge in [0.15, 0.2) is 0 Å². The van der Waals surface area contributed by atoms with Crippen LogP contribution in [0, 0.1) is 0 Å². The van der Waals surface area contributed by atoms with Gasteiger partial charge in [-0.05, 0) is 6.07 Å².